The Morgan fingerprint density at radius 1 is 1.13 bits per heavy atom. The number of hydrogen-bond acceptors (Lipinski definition) is 5. The van der Waals surface area contributed by atoms with Crippen LogP contribution in [0.1, 0.15) is 46.0 Å². The van der Waals surface area contributed by atoms with Crippen molar-refractivity contribution in [3.8, 4) is 0 Å². The standard InChI is InChI=1S/C16H26NO5P/c1-6-20-23(19,21-7-2)14(13-11-9-8-10-12-13)17-15(18)22-16(3,4)5/h8-12,14H,6-7H2,1-5H3,(H,17,18)/t14-/m1/s1. The van der Waals surface area contributed by atoms with Crippen LogP contribution in [0.2, 0.25) is 0 Å². The Hall–Kier alpha value is -1.36. The van der Waals surface area contributed by atoms with Gasteiger partial charge in [0.25, 0.3) is 0 Å². The SMILES string of the molecule is CCOP(=O)(OCC)[C@@H](NC(=O)OC(C)(C)C)c1ccccc1. The van der Waals surface area contributed by atoms with Gasteiger partial charge in [0.05, 0.1) is 13.2 Å². The Morgan fingerprint density at radius 3 is 2.09 bits per heavy atom. The van der Waals surface area contributed by atoms with E-state index >= 15 is 0 Å². The summed E-state index contributed by atoms with van der Waals surface area (Å²) in [6, 6.07) is 8.93. The van der Waals surface area contributed by atoms with Crippen molar-refractivity contribution >= 4 is 13.7 Å². The van der Waals surface area contributed by atoms with Crippen LogP contribution in [0.5, 0.6) is 0 Å². The van der Waals surface area contributed by atoms with Gasteiger partial charge in [-0.15, -0.1) is 0 Å². The van der Waals surface area contributed by atoms with Gasteiger partial charge in [-0.05, 0) is 40.2 Å². The minimum Gasteiger partial charge on any atom is -0.444 e. The molecular weight excluding hydrogens is 317 g/mol. The van der Waals surface area contributed by atoms with Gasteiger partial charge in [0, 0.05) is 0 Å². The first kappa shape index (κ1) is 19.7. The van der Waals surface area contributed by atoms with Gasteiger partial charge in [0.1, 0.15) is 5.60 Å². The van der Waals surface area contributed by atoms with Gasteiger partial charge >= 0.3 is 13.7 Å². The fraction of sp³-hybridized carbons (Fsp3) is 0.562. The molecule has 1 atom stereocenters. The zero-order chi connectivity index (χ0) is 17.5. The van der Waals surface area contributed by atoms with Crippen LogP contribution >= 0.6 is 7.60 Å². The maximum absolute atomic E-state index is 13.1. The summed E-state index contributed by atoms with van der Waals surface area (Å²) in [7, 11) is -3.58. The molecule has 0 aliphatic carbocycles. The Kier molecular flexibility index (Phi) is 7.26. The number of hydrogen-bond donors (Lipinski definition) is 1. The molecular formula is C16H26NO5P. The number of benzene rings is 1. The molecule has 0 spiro atoms. The van der Waals surface area contributed by atoms with E-state index in [0.29, 0.717) is 5.56 Å². The van der Waals surface area contributed by atoms with E-state index in [1.54, 1.807) is 58.9 Å². The van der Waals surface area contributed by atoms with Crippen molar-refractivity contribution in [2.24, 2.45) is 0 Å². The van der Waals surface area contributed by atoms with Crippen LogP contribution in [0.4, 0.5) is 4.79 Å². The molecule has 0 bridgehead atoms. The molecule has 0 saturated heterocycles. The van der Waals surface area contributed by atoms with E-state index in [2.05, 4.69) is 5.32 Å². The molecule has 23 heavy (non-hydrogen) atoms. The van der Waals surface area contributed by atoms with Crippen molar-refractivity contribution in [1.29, 1.82) is 0 Å². The summed E-state index contributed by atoms with van der Waals surface area (Å²) in [5.41, 5.74) is -0.0319. The number of rotatable bonds is 7. The molecule has 130 valence electrons. The summed E-state index contributed by atoms with van der Waals surface area (Å²) >= 11 is 0. The lowest BCUT2D eigenvalue weighted by atomic mass is 10.2. The molecule has 0 heterocycles. The van der Waals surface area contributed by atoms with Crippen molar-refractivity contribution in [2.45, 2.75) is 46.0 Å². The molecule has 0 aliphatic rings. The van der Waals surface area contributed by atoms with Crippen molar-refractivity contribution in [1.82, 2.24) is 5.32 Å². The third-order valence-electron chi connectivity index (χ3n) is 2.70. The molecule has 1 aromatic rings. The van der Waals surface area contributed by atoms with Crippen LogP contribution < -0.4 is 5.32 Å². The van der Waals surface area contributed by atoms with Gasteiger partial charge < -0.3 is 19.1 Å². The van der Waals surface area contributed by atoms with Crippen molar-refractivity contribution in [3.05, 3.63) is 35.9 Å². The van der Waals surface area contributed by atoms with Gasteiger partial charge in [0.15, 0.2) is 5.78 Å². The highest BCUT2D eigenvalue weighted by atomic mass is 31.2. The first-order valence-electron chi connectivity index (χ1n) is 7.65. The lowest BCUT2D eigenvalue weighted by Crippen LogP contribution is -2.35. The predicted octanol–water partition coefficient (Wildman–Crippen LogP) is 4.48. The zero-order valence-electron chi connectivity index (χ0n) is 14.4. The molecule has 0 unspecified atom stereocenters. The summed E-state index contributed by atoms with van der Waals surface area (Å²) in [5.74, 6) is -0.932. The smallest absolute Gasteiger partial charge is 0.408 e. The predicted molar refractivity (Wildman–Crippen MR) is 89.4 cm³/mol. The minimum absolute atomic E-state index is 0.205. The molecule has 0 aromatic heterocycles. The van der Waals surface area contributed by atoms with E-state index in [4.69, 9.17) is 13.8 Å². The third-order valence-corrected chi connectivity index (χ3v) is 5.00. The number of carbonyl (C=O) groups excluding carboxylic acids is 1. The summed E-state index contributed by atoms with van der Waals surface area (Å²) in [6.07, 6.45) is -0.675. The summed E-state index contributed by atoms with van der Waals surface area (Å²) < 4.78 is 29.1. The van der Waals surface area contributed by atoms with Gasteiger partial charge in [-0.25, -0.2) is 4.79 Å². The van der Waals surface area contributed by atoms with Crippen LogP contribution in [0.3, 0.4) is 0 Å². The van der Waals surface area contributed by atoms with Gasteiger partial charge in [0.2, 0.25) is 0 Å². The first-order valence-corrected chi connectivity index (χ1v) is 9.26. The van der Waals surface area contributed by atoms with Gasteiger partial charge in [-0.3, -0.25) is 4.57 Å². The fourth-order valence-corrected chi connectivity index (χ4v) is 3.84. The zero-order valence-corrected chi connectivity index (χ0v) is 15.3. The van der Waals surface area contributed by atoms with Crippen molar-refractivity contribution in [2.75, 3.05) is 13.2 Å². The Labute approximate surface area is 138 Å². The lowest BCUT2D eigenvalue weighted by molar-refractivity contribution is 0.0508. The molecule has 0 radical (unpaired) electrons. The molecule has 0 aliphatic heterocycles. The van der Waals surface area contributed by atoms with E-state index in [0.717, 1.165) is 0 Å². The van der Waals surface area contributed by atoms with Crippen LogP contribution in [-0.4, -0.2) is 24.9 Å². The molecule has 1 aromatic carbocycles. The fourth-order valence-electron chi connectivity index (χ4n) is 1.95. The molecule has 0 fully saturated rings. The Morgan fingerprint density at radius 2 is 1.65 bits per heavy atom. The van der Waals surface area contributed by atoms with E-state index in [1.165, 1.54) is 0 Å². The van der Waals surface area contributed by atoms with Crippen molar-refractivity contribution in [3.63, 3.8) is 0 Å². The largest absolute Gasteiger partial charge is 0.444 e. The lowest BCUT2D eigenvalue weighted by Gasteiger charge is -2.28. The summed E-state index contributed by atoms with van der Waals surface area (Å²) in [4.78, 5) is 12.1. The Balaban J connectivity index is 3.12. The Bertz CT molecular complexity index is 531. The van der Waals surface area contributed by atoms with E-state index in [1.807, 2.05) is 6.07 Å². The number of ether oxygens (including phenoxy) is 1. The van der Waals surface area contributed by atoms with Gasteiger partial charge in [-0.1, -0.05) is 30.3 Å². The number of amides is 1. The maximum atomic E-state index is 13.1. The monoisotopic (exact) mass is 343 g/mol. The molecule has 1 rings (SSSR count). The van der Waals surface area contributed by atoms with Crippen LogP contribution in [0.15, 0.2) is 30.3 Å². The molecule has 7 heteroatoms. The average Bonchev–Trinajstić information content (AvgIpc) is 2.44. The van der Waals surface area contributed by atoms with Crippen LogP contribution in [0, 0.1) is 0 Å². The molecule has 6 nitrogen and oxygen atoms in total. The molecule has 1 N–H and O–H groups in total. The van der Waals surface area contributed by atoms with Crippen molar-refractivity contribution < 1.29 is 23.1 Å². The van der Waals surface area contributed by atoms with Crippen LogP contribution in [-0.2, 0) is 18.3 Å². The second kappa shape index (κ2) is 8.48. The second-order valence-corrected chi connectivity index (χ2v) is 7.95. The topological polar surface area (TPSA) is 73.9 Å². The minimum atomic E-state index is -3.58. The number of nitrogens with one attached hydrogen (secondary N) is 1. The second-order valence-electron chi connectivity index (χ2n) is 5.83. The maximum Gasteiger partial charge on any atom is 0.408 e. The first-order chi connectivity index (χ1) is 10.7. The summed E-state index contributed by atoms with van der Waals surface area (Å²) in [6.45, 7) is 9.13. The van der Waals surface area contributed by atoms with Crippen LogP contribution in [0.25, 0.3) is 0 Å². The molecule has 0 saturated carbocycles. The average molecular weight is 343 g/mol. The molecule has 1 amide bonds. The number of carbonyl (C=O) groups is 1. The number of alkyl carbamates (subject to hydrolysis) is 1. The van der Waals surface area contributed by atoms with E-state index in [-0.39, 0.29) is 13.2 Å². The van der Waals surface area contributed by atoms with E-state index < -0.39 is 25.1 Å². The van der Waals surface area contributed by atoms with E-state index in [9.17, 15) is 9.36 Å². The highest BCUT2D eigenvalue weighted by molar-refractivity contribution is 7.54. The highest BCUT2D eigenvalue weighted by Gasteiger charge is 2.39. The normalized spacial score (nSPS) is 13.4. The highest BCUT2D eigenvalue weighted by Crippen LogP contribution is 2.59. The van der Waals surface area contributed by atoms with Gasteiger partial charge in [-0.2, -0.15) is 0 Å². The summed E-state index contributed by atoms with van der Waals surface area (Å²) in [5, 5.41) is 2.63. The quantitative estimate of drug-likeness (QED) is 0.739. The third kappa shape index (κ3) is 6.34.